The number of hydrogen-bond acceptors (Lipinski definition) is 2. The Balaban J connectivity index is 1.98. The molecule has 3 nitrogen and oxygen atoms in total. The van der Waals surface area contributed by atoms with Crippen molar-refractivity contribution in [2.45, 2.75) is 70.6 Å². The van der Waals surface area contributed by atoms with E-state index in [0.717, 1.165) is 6.42 Å². The second-order valence-corrected chi connectivity index (χ2v) is 8.67. The Labute approximate surface area is 163 Å². The van der Waals surface area contributed by atoms with E-state index in [0.29, 0.717) is 5.92 Å². The van der Waals surface area contributed by atoms with Crippen LogP contribution in [0.15, 0.2) is 60.7 Å². The molecule has 1 heterocycles. The maximum absolute atomic E-state index is 13.0. The van der Waals surface area contributed by atoms with Gasteiger partial charge in [0.15, 0.2) is 0 Å². The van der Waals surface area contributed by atoms with Crippen LogP contribution >= 0.6 is 0 Å². The highest BCUT2D eigenvalue weighted by Gasteiger charge is 2.43. The number of amides is 1. The summed E-state index contributed by atoms with van der Waals surface area (Å²) in [5.41, 5.74) is 2.13. The monoisotopic (exact) mass is 365 g/mol. The first-order chi connectivity index (χ1) is 12.8. The van der Waals surface area contributed by atoms with Gasteiger partial charge in [-0.15, -0.1) is 0 Å². The van der Waals surface area contributed by atoms with Crippen LogP contribution in [0.25, 0.3) is 0 Å². The zero-order valence-electron chi connectivity index (χ0n) is 17.1. The number of likely N-dealkylation sites (tertiary alicyclic amines) is 1. The smallest absolute Gasteiger partial charge is 0.410 e. The summed E-state index contributed by atoms with van der Waals surface area (Å²) in [6.45, 7) is 10.1. The summed E-state index contributed by atoms with van der Waals surface area (Å²) in [5, 5.41) is 0. The molecule has 0 unspecified atom stereocenters. The number of carbonyl (C=O) groups excluding carboxylic acids is 1. The number of benzene rings is 2. The summed E-state index contributed by atoms with van der Waals surface area (Å²) in [6, 6.07) is 21.4. The predicted molar refractivity (Wildman–Crippen MR) is 110 cm³/mol. The molecular weight excluding hydrogens is 334 g/mol. The Bertz CT molecular complexity index is 751. The third kappa shape index (κ3) is 4.35. The van der Waals surface area contributed by atoms with Crippen LogP contribution in [0.4, 0.5) is 4.79 Å². The topological polar surface area (TPSA) is 29.5 Å². The summed E-state index contributed by atoms with van der Waals surface area (Å²) in [4.78, 5) is 14.9. The first-order valence-electron chi connectivity index (χ1n) is 9.89. The van der Waals surface area contributed by atoms with E-state index in [2.05, 4.69) is 68.4 Å². The van der Waals surface area contributed by atoms with Gasteiger partial charge in [0.05, 0.1) is 0 Å². The number of carbonyl (C=O) groups is 1. The van der Waals surface area contributed by atoms with Crippen molar-refractivity contribution < 1.29 is 9.53 Å². The van der Waals surface area contributed by atoms with E-state index < -0.39 is 5.60 Å². The lowest BCUT2D eigenvalue weighted by Crippen LogP contribution is -2.54. The van der Waals surface area contributed by atoms with Crippen molar-refractivity contribution in [1.29, 1.82) is 0 Å². The number of ether oxygens (including phenoxy) is 1. The van der Waals surface area contributed by atoms with Crippen LogP contribution in [0, 0.1) is 0 Å². The van der Waals surface area contributed by atoms with Crippen molar-refractivity contribution in [1.82, 2.24) is 4.90 Å². The van der Waals surface area contributed by atoms with Gasteiger partial charge >= 0.3 is 6.09 Å². The first-order valence-corrected chi connectivity index (χ1v) is 9.89. The highest BCUT2D eigenvalue weighted by Crippen LogP contribution is 2.45. The SMILES string of the molecule is C[C@H]1C[C@@H](c2ccccc2)[C@H](c2ccccc2)[C@H](C)N1C(=O)OC(C)(C)C. The van der Waals surface area contributed by atoms with Crippen LogP contribution in [0.2, 0.25) is 0 Å². The van der Waals surface area contributed by atoms with E-state index in [1.807, 2.05) is 31.7 Å². The molecule has 0 saturated carbocycles. The molecule has 3 heteroatoms. The minimum absolute atomic E-state index is 0.0520. The van der Waals surface area contributed by atoms with Crippen molar-refractivity contribution in [3.05, 3.63) is 71.8 Å². The second-order valence-electron chi connectivity index (χ2n) is 8.67. The van der Waals surface area contributed by atoms with Gasteiger partial charge < -0.3 is 9.64 Å². The Morgan fingerprint density at radius 3 is 1.96 bits per heavy atom. The Hall–Kier alpha value is -2.29. The summed E-state index contributed by atoms with van der Waals surface area (Å²) < 4.78 is 5.73. The lowest BCUT2D eigenvalue weighted by Gasteiger charge is -2.48. The van der Waals surface area contributed by atoms with Gasteiger partial charge in [-0.05, 0) is 58.1 Å². The molecule has 1 saturated heterocycles. The van der Waals surface area contributed by atoms with Gasteiger partial charge in [0, 0.05) is 18.0 Å². The van der Waals surface area contributed by atoms with E-state index >= 15 is 0 Å². The highest BCUT2D eigenvalue weighted by atomic mass is 16.6. The van der Waals surface area contributed by atoms with Gasteiger partial charge in [0.2, 0.25) is 0 Å². The van der Waals surface area contributed by atoms with Crippen LogP contribution in [0.3, 0.4) is 0 Å². The molecule has 0 aromatic heterocycles. The average molecular weight is 366 g/mol. The van der Waals surface area contributed by atoms with Gasteiger partial charge in [-0.2, -0.15) is 0 Å². The van der Waals surface area contributed by atoms with Crippen molar-refractivity contribution in [2.24, 2.45) is 0 Å². The fourth-order valence-corrected chi connectivity index (χ4v) is 4.43. The third-order valence-electron chi connectivity index (χ3n) is 5.48. The van der Waals surface area contributed by atoms with E-state index in [1.165, 1.54) is 11.1 Å². The fraction of sp³-hybridized carbons (Fsp3) is 0.458. The number of hydrogen-bond donors (Lipinski definition) is 0. The fourth-order valence-electron chi connectivity index (χ4n) is 4.43. The van der Waals surface area contributed by atoms with E-state index in [1.54, 1.807) is 0 Å². The quantitative estimate of drug-likeness (QED) is 0.656. The highest BCUT2D eigenvalue weighted by molar-refractivity contribution is 5.69. The largest absolute Gasteiger partial charge is 0.444 e. The summed E-state index contributed by atoms with van der Waals surface area (Å²) in [7, 11) is 0. The maximum Gasteiger partial charge on any atom is 0.410 e. The molecule has 2 aromatic rings. The molecule has 2 aromatic carbocycles. The van der Waals surface area contributed by atoms with Crippen LogP contribution in [0.5, 0.6) is 0 Å². The first kappa shape index (κ1) is 19.5. The summed E-state index contributed by atoms with van der Waals surface area (Å²) in [6.07, 6.45) is 0.711. The molecule has 1 amide bonds. The average Bonchev–Trinajstić information content (AvgIpc) is 2.61. The molecular formula is C24H31NO2. The molecule has 27 heavy (non-hydrogen) atoms. The molecule has 3 rings (SSSR count). The van der Waals surface area contributed by atoms with E-state index in [4.69, 9.17) is 4.74 Å². The number of rotatable bonds is 2. The number of piperidine rings is 1. The van der Waals surface area contributed by atoms with Crippen LogP contribution < -0.4 is 0 Å². The molecule has 0 bridgehead atoms. The Morgan fingerprint density at radius 1 is 0.926 bits per heavy atom. The molecule has 144 valence electrons. The van der Waals surface area contributed by atoms with Crippen LogP contribution in [-0.4, -0.2) is 28.7 Å². The van der Waals surface area contributed by atoms with Gasteiger partial charge in [-0.3, -0.25) is 0 Å². The molecule has 1 aliphatic heterocycles. The normalized spacial score (nSPS) is 25.9. The third-order valence-corrected chi connectivity index (χ3v) is 5.48. The molecule has 0 N–H and O–H groups in total. The van der Waals surface area contributed by atoms with Gasteiger partial charge in [-0.1, -0.05) is 60.7 Å². The Kier molecular flexibility index (Phi) is 5.59. The van der Waals surface area contributed by atoms with Crippen LogP contribution in [0.1, 0.15) is 64.0 Å². The molecule has 0 spiro atoms. The van der Waals surface area contributed by atoms with Crippen molar-refractivity contribution >= 4 is 6.09 Å². The molecule has 0 aliphatic carbocycles. The zero-order chi connectivity index (χ0) is 19.6. The van der Waals surface area contributed by atoms with Crippen molar-refractivity contribution in [3.63, 3.8) is 0 Å². The minimum Gasteiger partial charge on any atom is -0.444 e. The lowest BCUT2D eigenvalue weighted by atomic mass is 9.71. The molecule has 1 fully saturated rings. The van der Waals surface area contributed by atoms with Crippen molar-refractivity contribution in [2.75, 3.05) is 0 Å². The van der Waals surface area contributed by atoms with Gasteiger partial charge in [-0.25, -0.2) is 4.79 Å². The standard InChI is InChI=1S/C24H31NO2/c1-17-16-21(19-12-8-6-9-13-19)22(20-14-10-7-11-15-20)18(2)25(17)23(26)27-24(3,4)5/h6-15,17-18,21-22H,16H2,1-5H3/t17-,18-,21-,22-/m0/s1. The van der Waals surface area contributed by atoms with E-state index in [9.17, 15) is 4.79 Å². The number of nitrogens with zero attached hydrogens (tertiary/aromatic N) is 1. The zero-order valence-corrected chi connectivity index (χ0v) is 17.1. The molecule has 4 atom stereocenters. The van der Waals surface area contributed by atoms with Crippen molar-refractivity contribution in [3.8, 4) is 0 Å². The maximum atomic E-state index is 13.0. The van der Waals surface area contributed by atoms with E-state index in [-0.39, 0.29) is 24.1 Å². The lowest BCUT2D eigenvalue weighted by molar-refractivity contribution is -0.00734. The Morgan fingerprint density at radius 2 is 1.44 bits per heavy atom. The predicted octanol–water partition coefficient (Wildman–Crippen LogP) is 5.97. The summed E-state index contributed by atoms with van der Waals surface area (Å²) >= 11 is 0. The molecule has 0 radical (unpaired) electrons. The summed E-state index contributed by atoms with van der Waals surface area (Å²) in [5.74, 6) is 0.606. The van der Waals surface area contributed by atoms with Crippen LogP contribution in [-0.2, 0) is 4.74 Å². The van der Waals surface area contributed by atoms with Gasteiger partial charge in [0.1, 0.15) is 5.60 Å². The molecule has 1 aliphatic rings. The minimum atomic E-state index is -0.491. The second kappa shape index (κ2) is 7.75. The van der Waals surface area contributed by atoms with Gasteiger partial charge in [0.25, 0.3) is 0 Å².